The number of anilines is 1. The molecule has 1 aromatic heterocycles. The van der Waals surface area contributed by atoms with Crippen LogP contribution in [0.1, 0.15) is 18.4 Å². The van der Waals surface area contributed by atoms with Gasteiger partial charge in [0.2, 0.25) is 11.8 Å². The second-order valence-corrected chi connectivity index (χ2v) is 7.41. The van der Waals surface area contributed by atoms with Crippen LogP contribution in [-0.2, 0) is 27.9 Å². The molecule has 2 heterocycles. The molecule has 0 saturated heterocycles. The van der Waals surface area contributed by atoms with Gasteiger partial charge in [0.15, 0.2) is 0 Å². The molecular formula is C23H25N5O3. The van der Waals surface area contributed by atoms with Crippen molar-refractivity contribution in [1.82, 2.24) is 20.3 Å². The van der Waals surface area contributed by atoms with Gasteiger partial charge < -0.3 is 15.0 Å². The second-order valence-electron chi connectivity index (χ2n) is 7.41. The Morgan fingerprint density at radius 2 is 1.81 bits per heavy atom. The van der Waals surface area contributed by atoms with Crippen molar-refractivity contribution in [2.24, 2.45) is 7.05 Å². The number of aromatic nitrogens is 3. The van der Waals surface area contributed by atoms with Crippen LogP contribution in [0.2, 0.25) is 0 Å². The van der Waals surface area contributed by atoms with E-state index in [2.05, 4.69) is 15.6 Å². The first-order chi connectivity index (χ1) is 15.1. The molecule has 3 aromatic rings. The summed E-state index contributed by atoms with van der Waals surface area (Å²) in [6.45, 7) is 1.05. The number of ether oxygens (including phenoxy) is 1. The van der Waals surface area contributed by atoms with E-state index in [0.717, 1.165) is 33.8 Å². The number of aryl methyl sites for hydroxylation is 1. The monoisotopic (exact) mass is 419 g/mol. The van der Waals surface area contributed by atoms with Crippen molar-refractivity contribution < 1.29 is 14.3 Å². The number of rotatable bonds is 6. The number of hydrogen-bond donors (Lipinski definition) is 1. The van der Waals surface area contributed by atoms with Crippen LogP contribution in [0.15, 0.2) is 48.5 Å². The van der Waals surface area contributed by atoms with E-state index in [0.29, 0.717) is 13.2 Å². The van der Waals surface area contributed by atoms with Crippen molar-refractivity contribution in [3.8, 4) is 22.5 Å². The van der Waals surface area contributed by atoms with Gasteiger partial charge in [0.05, 0.1) is 24.5 Å². The molecule has 0 unspecified atom stereocenters. The third kappa shape index (κ3) is 4.20. The van der Waals surface area contributed by atoms with Gasteiger partial charge in [-0.25, -0.2) is 4.68 Å². The van der Waals surface area contributed by atoms with Gasteiger partial charge in [-0.05, 0) is 11.6 Å². The smallest absolute Gasteiger partial charge is 0.229 e. The summed E-state index contributed by atoms with van der Waals surface area (Å²) in [5.74, 6) is -0.188. The van der Waals surface area contributed by atoms with Gasteiger partial charge in [0.1, 0.15) is 5.69 Å². The number of nitrogens with one attached hydrogen (secondary N) is 1. The molecule has 160 valence electrons. The first-order valence-corrected chi connectivity index (χ1v) is 10.2. The summed E-state index contributed by atoms with van der Waals surface area (Å²) >= 11 is 0. The van der Waals surface area contributed by atoms with Crippen LogP contribution in [0.25, 0.3) is 22.5 Å². The minimum Gasteiger partial charge on any atom is -0.384 e. The Morgan fingerprint density at radius 3 is 2.61 bits per heavy atom. The average Bonchev–Trinajstić information content (AvgIpc) is 3.15. The van der Waals surface area contributed by atoms with Crippen molar-refractivity contribution >= 4 is 17.5 Å². The average molecular weight is 419 g/mol. The molecule has 1 aliphatic rings. The normalized spacial score (nSPS) is 12.3. The van der Waals surface area contributed by atoms with Gasteiger partial charge in [0.25, 0.3) is 0 Å². The Kier molecular flexibility index (Phi) is 6.08. The van der Waals surface area contributed by atoms with Crippen LogP contribution >= 0.6 is 0 Å². The summed E-state index contributed by atoms with van der Waals surface area (Å²) in [4.78, 5) is 26.9. The number of carbonyl (C=O) groups is 2. The molecule has 0 radical (unpaired) electrons. The molecule has 0 aliphatic carbocycles. The van der Waals surface area contributed by atoms with E-state index >= 15 is 0 Å². The lowest BCUT2D eigenvalue weighted by molar-refractivity contribution is -0.122. The highest BCUT2D eigenvalue weighted by Gasteiger charge is 2.28. The van der Waals surface area contributed by atoms with Gasteiger partial charge in [-0.2, -0.15) is 0 Å². The summed E-state index contributed by atoms with van der Waals surface area (Å²) < 4.78 is 6.66. The number of fused-ring (bicyclic) bond motifs is 5. The van der Waals surface area contributed by atoms with E-state index in [4.69, 9.17) is 4.74 Å². The van der Waals surface area contributed by atoms with Gasteiger partial charge in [-0.1, -0.05) is 47.7 Å². The summed E-state index contributed by atoms with van der Waals surface area (Å²) in [6, 6.07) is 15.7. The fraction of sp³-hybridized carbons (Fsp3) is 0.304. The molecular weight excluding hydrogens is 394 g/mol. The SMILES string of the molecule is COCCC(=O)NCCC(=O)N1Cc2ccccc2-c2nnn(C)c2-c2ccccc21. The molecule has 0 spiro atoms. The number of benzene rings is 2. The highest BCUT2D eigenvalue weighted by molar-refractivity contribution is 6.00. The maximum absolute atomic E-state index is 13.3. The highest BCUT2D eigenvalue weighted by atomic mass is 16.5. The second kappa shape index (κ2) is 9.09. The Bertz CT molecular complexity index is 1110. The predicted octanol–water partition coefficient (Wildman–Crippen LogP) is 2.54. The van der Waals surface area contributed by atoms with Gasteiger partial charge in [-0.3, -0.25) is 9.59 Å². The van der Waals surface area contributed by atoms with Crippen molar-refractivity contribution in [3.05, 3.63) is 54.1 Å². The lowest BCUT2D eigenvalue weighted by atomic mass is 9.95. The first kappa shape index (κ1) is 20.7. The number of methoxy groups -OCH3 is 1. The van der Waals surface area contributed by atoms with Crippen molar-refractivity contribution in [3.63, 3.8) is 0 Å². The van der Waals surface area contributed by atoms with Crippen molar-refractivity contribution in [2.45, 2.75) is 19.4 Å². The maximum Gasteiger partial charge on any atom is 0.229 e. The van der Waals surface area contributed by atoms with Crippen molar-refractivity contribution in [1.29, 1.82) is 0 Å². The van der Waals surface area contributed by atoms with Crippen LogP contribution in [0.3, 0.4) is 0 Å². The van der Waals surface area contributed by atoms with Crippen LogP contribution in [-0.4, -0.2) is 47.1 Å². The molecule has 2 aromatic carbocycles. The van der Waals surface area contributed by atoms with E-state index in [1.807, 2.05) is 55.6 Å². The number of nitrogens with zero attached hydrogens (tertiary/aromatic N) is 4. The van der Waals surface area contributed by atoms with Crippen LogP contribution in [0.4, 0.5) is 5.69 Å². The van der Waals surface area contributed by atoms with Crippen LogP contribution < -0.4 is 10.2 Å². The van der Waals surface area contributed by atoms with E-state index in [1.54, 1.807) is 16.7 Å². The van der Waals surface area contributed by atoms with Crippen molar-refractivity contribution in [2.75, 3.05) is 25.2 Å². The third-order valence-electron chi connectivity index (χ3n) is 5.37. The Labute approximate surface area is 180 Å². The van der Waals surface area contributed by atoms with Crippen LogP contribution in [0.5, 0.6) is 0 Å². The first-order valence-electron chi connectivity index (χ1n) is 10.2. The molecule has 31 heavy (non-hydrogen) atoms. The highest BCUT2D eigenvalue weighted by Crippen LogP contribution is 2.40. The zero-order valence-corrected chi connectivity index (χ0v) is 17.7. The largest absolute Gasteiger partial charge is 0.384 e. The lowest BCUT2D eigenvalue weighted by Gasteiger charge is -2.28. The maximum atomic E-state index is 13.3. The fourth-order valence-corrected chi connectivity index (χ4v) is 3.84. The van der Waals surface area contributed by atoms with Gasteiger partial charge >= 0.3 is 0 Å². The number of hydrogen-bond acceptors (Lipinski definition) is 5. The van der Waals surface area contributed by atoms with Gasteiger partial charge in [0, 0.05) is 44.7 Å². The minimum absolute atomic E-state index is 0.0622. The number of carbonyl (C=O) groups excluding carboxylic acids is 2. The molecule has 1 N–H and O–H groups in total. The molecule has 0 atom stereocenters. The topological polar surface area (TPSA) is 89.3 Å². The van der Waals surface area contributed by atoms with E-state index in [9.17, 15) is 9.59 Å². The third-order valence-corrected chi connectivity index (χ3v) is 5.37. The van der Waals surface area contributed by atoms with Gasteiger partial charge in [-0.15, -0.1) is 5.10 Å². The van der Waals surface area contributed by atoms with Crippen LogP contribution in [0, 0.1) is 0 Å². The summed E-state index contributed by atoms with van der Waals surface area (Å²) in [5.41, 5.74) is 5.34. The summed E-state index contributed by atoms with van der Waals surface area (Å²) in [7, 11) is 3.41. The molecule has 1 aliphatic heterocycles. The number of amides is 2. The molecule has 8 heteroatoms. The van der Waals surface area contributed by atoms with E-state index in [1.165, 1.54) is 0 Å². The molecule has 8 nitrogen and oxygen atoms in total. The molecule has 0 bridgehead atoms. The molecule has 4 rings (SSSR count). The Hall–Kier alpha value is -3.52. The van der Waals surface area contributed by atoms with E-state index < -0.39 is 0 Å². The number of para-hydroxylation sites is 1. The molecule has 0 fully saturated rings. The predicted molar refractivity (Wildman–Crippen MR) is 117 cm³/mol. The molecule has 2 amide bonds. The zero-order valence-electron chi connectivity index (χ0n) is 17.7. The summed E-state index contributed by atoms with van der Waals surface area (Å²) in [6.07, 6.45) is 0.479. The fourth-order valence-electron chi connectivity index (χ4n) is 3.84. The summed E-state index contributed by atoms with van der Waals surface area (Å²) in [5, 5.41) is 11.5. The standard InChI is InChI=1S/C23H25N5O3/c1-27-23-18-9-5-6-10-19(18)28(21(30)11-13-24-20(29)12-14-31-2)15-16-7-3-4-8-17(16)22(23)25-26-27/h3-10H,11-15H2,1-2H3,(H,24,29). The Balaban J connectivity index is 1.67. The van der Waals surface area contributed by atoms with E-state index in [-0.39, 0.29) is 31.2 Å². The molecule has 0 saturated carbocycles. The Morgan fingerprint density at radius 1 is 1.06 bits per heavy atom. The minimum atomic E-state index is -0.126. The zero-order chi connectivity index (χ0) is 21.8. The lowest BCUT2D eigenvalue weighted by Crippen LogP contribution is -2.35. The quantitative estimate of drug-likeness (QED) is 0.663.